The molecule has 0 atom stereocenters. The molecule has 6 nitrogen and oxygen atoms in total. The summed E-state index contributed by atoms with van der Waals surface area (Å²) in [7, 11) is 0. The van der Waals surface area contributed by atoms with Gasteiger partial charge in [0.2, 0.25) is 5.91 Å². The molecule has 3 rings (SSSR count). The van der Waals surface area contributed by atoms with Crippen molar-refractivity contribution < 1.29 is 18.7 Å². The summed E-state index contributed by atoms with van der Waals surface area (Å²) in [6.45, 7) is 7.33. The number of anilines is 2. The molecule has 32 heavy (non-hydrogen) atoms. The van der Waals surface area contributed by atoms with Gasteiger partial charge in [-0.2, -0.15) is 0 Å². The molecule has 0 saturated carbocycles. The molecule has 0 bridgehead atoms. The van der Waals surface area contributed by atoms with E-state index in [0.717, 1.165) is 17.0 Å². The molecule has 0 aliphatic heterocycles. The molecule has 0 saturated heterocycles. The van der Waals surface area contributed by atoms with Crippen molar-refractivity contribution >= 4 is 34.7 Å². The zero-order chi connectivity index (χ0) is 23.3. The normalized spacial score (nSPS) is 11.2. The van der Waals surface area contributed by atoms with Crippen molar-refractivity contribution in [2.45, 2.75) is 46.1 Å². The third-order valence-electron chi connectivity index (χ3n) is 4.39. The second-order valence-electron chi connectivity index (χ2n) is 8.24. The zero-order valence-electron chi connectivity index (χ0n) is 18.5. The van der Waals surface area contributed by atoms with Gasteiger partial charge in [0.05, 0.1) is 17.8 Å². The maximum absolute atomic E-state index is 14.2. The van der Waals surface area contributed by atoms with Crippen molar-refractivity contribution in [3.63, 3.8) is 0 Å². The van der Waals surface area contributed by atoms with Gasteiger partial charge in [0.15, 0.2) is 0 Å². The Morgan fingerprint density at radius 3 is 2.47 bits per heavy atom. The lowest BCUT2D eigenvalue weighted by Crippen LogP contribution is -2.27. The van der Waals surface area contributed by atoms with E-state index in [2.05, 4.69) is 34.7 Å². The van der Waals surface area contributed by atoms with Crippen molar-refractivity contribution in [2.24, 2.45) is 0 Å². The summed E-state index contributed by atoms with van der Waals surface area (Å²) in [6.07, 6.45) is 0.310. The molecule has 1 aromatic heterocycles. The minimum Gasteiger partial charge on any atom is -0.444 e. The molecule has 8 heteroatoms. The molecule has 0 fully saturated rings. The molecular weight excluding hydrogens is 429 g/mol. The van der Waals surface area contributed by atoms with E-state index in [9.17, 15) is 14.0 Å². The van der Waals surface area contributed by atoms with Gasteiger partial charge in [-0.1, -0.05) is 31.2 Å². The fourth-order valence-corrected chi connectivity index (χ4v) is 3.71. The number of amides is 2. The largest absolute Gasteiger partial charge is 0.444 e. The van der Waals surface area contributed by atoms with Gasteiger partial charge in [-0.3, -0.25) is 10.1 Å². The molecule has 0 aliphatic carbocycles. The number of hydrogen-bond donors (Lipinski definition) is 2. The van der Waals surface area contributed by atoms with Crippen LogP contribution in [-0.2, 0) is 22.4 Å². The molecule has 0 spiro atoms. The van der Waals surface area contributed by atoms with Gasteiger partial charge in [0.25, 0.3) is 0 Å². The van der Waals surface area contributed by atoms with E-state index in [1.54, 1.807) is 20.8 Å². The lowest BCUT2D eigenvalue weighted by molar-refractivity contribution is -0.115. The summed E-state index contributed by atoms with van der Waals surface area (Å²) in [5, 5.41) is 7.72. The Bertz CT molecular complexity index is 1100. The van der Waals surface area contributed by atoms with E-state index in [4.69, 9.17) is 4.74 Å². The molecule has 0 radical (unpaired) electrons. The average molecular weight is 456 g/mol. The molecular formula is C24H26FN3O3S. The number of aryl methyl sites for hydroxylation is 1. The Kier molecular flexibility index (Phi) is 7.25. The highest BCUT2D eigenvalue weighted by Crippen LogP contribution is 2.25. The van der Waals surface area contributed by atoms with Crippen molar-refractivity contribution in [1.82, 2.24) is 4.98 Å². The van der Waals surface area contributed by atoms with Crippen LogP contribution in [0, 0.1) is 5.82 Å². The maximum atomic E-state index is 14.2. The van der Waals surface area contributed by atoms with E-state index in [-0.39, 0.29) is 12.1 Å². The van der Waals surface area contributed by atoms with Crippen LogP contribution in [0.5, 0.6) is 0 Å². The number of carbonyl (C=O) groups excluding carboxylic acids is 2. The summed E-state index contributed by atoms with van der Waals surface area (Å²) in [6, 6.07) is 12.1. The summed E-state index contributed by atoms with van der Waals surface area (Å²) < 4.78 is 19.4. The lowest BCUT2D eigenvalue weighted by atomic mass is 10.1. The van der Waals surface area contributed by atoms with E-state index < -0.39 is 23.4 Å². The molecule has 0 aliphatic rings. The van der Waals surface area contributed by atoms with Crippen LogP contribution in [-0.4, -0.2) is 22.6 Å². The molecule has 0 unspecified atom stereocenters. The fourth-order valence-electron chi connectivity index (χ4n) is 2.88. The monoisotopic (exact) mass is 455 g/mol. The first kappa shape index (κ1) is 23.4. The SMILES string of the molecule is CCc1ccc(-c2nc(CC(=O)Nc3cc(NC(=O)OC(C)(C)C)ccc3F)cs2)cc1. The molecule has 168 valence electrons. The van der Waals surface area contributed by atoms with E-state index in [1.165, 1.54) is 35.1 Å². The Hall–Kier alpha value is -3.26. The number of carbonyl (C=O) groups is 2. The van der Waals surface area contributed by atoms with Gasteiger partial charge in [-0.25, -0.2) is 14.2 Å². The number of rotatable bonds is 6. The third-order valence-corrected chi connectivity index (χ3v) is 5.33. The topological polar surface area (TPSA) is 80.3 Å². The number of aromatic nitrogens is 1. The Balaban J connectivity index is 1.63. The van der Waals surface area contributed by atoms with Gasteiger partial charge in [-0.05, 0) is 51.0 Å². The smallest absolute Gasteiger partial charge is 0.412 e. The van der Waals surface area contributed by atoms with Gasteiger partial charge < -0.3 is 10.1 Å². The quantitative estimate of drug-likeness (QED) is 0.475. The Morgan fingerprint density at radius 1 is 1.09 bits per heavy atom. The Labute approximate surface area is 190 Å². The number of benzene rings is 2. The molecule has 2 N–H and O–H groups in total. The predicted molar refractivity (Wildman–Crippen MR) is 126 cm³/mol. The van der Waals surface area contributed by atoms with Crippen LogP contribution in [0.15, 0.2) is 47.8 Å². The van der Waals surface area contributed by atoms with Crippen LogP contribution in [0.2, 0.25) is 0 Å². The van der Waals surface area contributed by atoms with Crippen molar-refractivity contribution in [2.75, 3.05) is 10.6 Å². The first-order valence-corrected chi connectivity index (χ1v) is 11.1. The van der Waals surface area contributed by atoms with E-state index in [0.29, 0.717) is 11.4 Å². The van der Waals surface area contributed by atoms with E-state index >= 15 is 0 Å². The highest BCUT2D eigenvalue weighted by molar-refractivity contribution is 7.13. The van der Waals surface area contributed by atoms with Crippen molar-refractivity contribution in [3.05, 3.63) is 64.9 Å². The minimum atomic E-state index is -0.664. The highest BCUT2D eigenvalue weighted by Gasteiger charge is 2.17. The average Bonchev–Trinajstić information content (AvgIpc) is 3.17. The first-order chi connectivity index (χ1) is 15.1. The number of nitrogens with one attached hydrogen (secondary N) is 2. The number of hydrogen-bond acceptors (Lipinski definition) is 5. The predicted octanol–water partition coefficient (Wildman–Crippen LogP) is 6.04. The molecule has 3 aromatic rings. The van der Waals surface area contributed by atoms with Crippen LogP contribution < -0.4 is 10.6 Å². The standard InChI is InChI=1S/C24H26FN3O3S/c1-5-15-6-8-16(9-7-15)22-26-18(14-32-22)13-21(29)28-20-12-17(10-11-19(20)25)27-23(30)31-24(2,3)4/h6-12,14H,5,13H2,1-4H3,(H,27,30)(H,28,29). The fraction of sp³-hybridized carbons (Fsp3) is 0.292. The van der Waals surface area contributed by atoms with Crippen LogP contribution in [0.3, 0.4) is 0 Å². The summed E-state index contributed by atoms with van der Waals surface area (Å²) in [4.78, 5) is 28.9. The van der Waals surface area contributed by atoms with Crippen LogP contribution in [0.4, 0.5) is 20.6 Å². The van der Waals surface area contributed by atoms with Gasteiger partial charge in [0, 0.05) is 16.6 Å². The highest BCUT2D eigenvalue weighted by atomic mass is 32.1. The van der Waals surface area contributed by atoms with E-state index in [1.807, 2.05) is 17.5 Å². The van der Waals surface area contributed by atoms with Crippen molar-refractivity contribution in [3.8, 4) is 10.6 Å². The number of thiazole rings is 1. The summed E-state index contributed by atoms with van der Waals surface area (Å²) in [5.41, 5.74) is 2.45. The molecule has 2 amide bonds. The maximum Gasteiger partial charge on any atom is 0.412 e. The van der Waals surface area contributed by atoms with Gasteiger partial charge in [-0.15, -0.1) is 11.3 Å². The van der Waals surface area contributed by atoms with Gasteiger partial charge in [0.1, 0.15) is 16.4 Å². The van der Waals surface area contributed by atoms with Crippen molar-refractivity contribution in [1.29, 1.82) is 0 Å². The molecule has 2 aromatic carbocycles. The van der Waals surface area contributed by atoms with Crippen LogP contribution >= 0.6 is 11.3 Å². The van der Waals surface area contributed by atoms with Gasteiger partial charge >= 0.3 is 6.09 Å². The summed E-state index contributed by atoms with van der Waals surface area (Å²) >= 11 is 1.45. The number of halogens is 1. The third kappa shape index (κ3) is 6.62. The lowest BCUT2D eigenvalue weighted by Gasteiger charge is -2.19. The summed E-state index contributed by atoms with van der Waals surface area (Å²) in [5.74, 6) is -1.01. The molecule has 1 heterocycles. The Morgan fingerprint density at radius 2 is 1.81 bits per heavy atom. The minimum absolute atomic E-state index is 0.00665. The van der Waals surface area contributed by atoms with Crippen LogP contribution in [0.1, 0.15) is 39.0 Å². The zero-order valence-corrected chi connectivity index (χ0v) is 19.3. The number of ether oxygens (including phenoxy) is 1. The second kappa shape index (κ2) is 9.91. The van der Waals surface area contributed by atoms with Crippen LogP contribution in [0.25, 0.3) is 10.6 Å². The second-order valence-corrected chi connectivity index (χ2v) is 9.10. The first-order valence-electron chi connectivity index (χ1n) is 10.3. The number of nitrogens with zero attached hydrogens (tertiary/aromatic N) is 1.